The Labute approximate surface area is 125 Å². The highest BCUT2D eigenvalue weighted by Gasteiger charge is 2.17. The third kappa shape index (κ3) is 2.65. The van der Waals surface area contributed by atoms with Gasteiger partial charge in [-0.25, -0.2) is 4.98 Å². The number of para-hydroxylation sites is 1. The lowest BCUT2D eigenvalue weighted by Crippen LogP contribution is -3.06. The lowest BCUT2D eigenvalue weighted by Gasteiger charge is -2.16. The number of hydrogen-bond acceptors (Lipinski definition) is 2. The Morgan fingerprint density at radius 2 is 1.48 bits per heavy atom. The molecule has 2 aromatic carbocycles. The Bertz CT molecular complexity index is 734. The van der Waals surface area contributed by atoms with E-state index in [1.807, 2.05) is 24.3 Å². The zero-order chi connectivity index (χ0) is 14.7. The first-order chi connectivity index (χ1) is 10.3. The number of quaternary nitrogens is 1. The number of hydrogen-bond donors (Lipinski definition) is 1. The monoisotopic (exact) mass is 278 g/mol. The van der Waals surface area contributed by atoms with E-state index in [0.29, 0.717) is 0 Å². The Kier molecular flexibility index (Phi) is 3.93. The molecule has 0 amide bonds. The summed E-state index contributed by atoms with van der Waals surface area (Å²) in [5, 5.41) is 1.15. The molecule has 1 N–H and O–H groups in total. The third-order valence-corrected chi connectivity index (χ3v) is 3.82. The molecule has 3 rings (SSSR count). The first kappa shape index (κ1) is 13.7. The van der Waals surface area contributed by atoms with Gasteiger partial charge in [0.2, 0.25) is 5.82 Å². The number of nitrogens with one attached hydrogen (secondary N) is 1. The molecular weight excluding hydrogens is 258 g/mol. The summed E-state index contributed by atoms with van der Waals surface area (Å²) in [5.41, 5.74) is 2.08. The number of benzene rings is 2. The fraction of sp³-hybridized carbons (Fsp3) is 0.222. The van der Waals surface area contributed by atoms with E-state index < -0.39 is 0 Å². The van der Waals surface area contributed by atoms with E-state index in [-0.39, 0.29) is 0 Å². The van der Waals surface area contributed by atoms with Crippen LogP contribution in [0, 0.1) is 0 Å². The van der Waals surface area contributed by atoms with Crippen molar-refractivity contribution in [3.05, 3.63) is 54.6 Å². The van der Waals surface area contributed by atoms with Crippen molar-refractivity contribution >= 4 is 16.7 Å². The maximum Gasteiger partial charge on any atom is 0.237 e. The van der Waals surface area contributed by atoms with E-state index in [1.165, 1.54) is 4.90 Å². The van der Waals surface area contributed by atoms with Gasteiger partial charge in [0.25, 0.3) is 0 Å². The van der Waals surface area contributed by atoms with Crippen molar-refractivity contribution in [3.8, 4) is 11.4 Å². The van der Waals surface area contributed by atoms with Crippen LogP contribution in [0.15, 0.2) is 54.6 Å². The summed E-state index contributed by atoms with van der Waals surface area (Å²) in [5.74, 6) is 1.91. The second-order valence-corrected chi connectivity index (χ2v) is 5.09. The normalized spacial score (nSPS) is 11.2. The topological polar surface area (TPSA) is 30.2 Å². The molecule has 0 bridgehead atoms. The molecule has 3 nitrogen and oxygen atoms in total. The van der Waals surface area contributed by atoms with Crippen molar-refractivity contribution in [2.45, 2.75) is 13.8 Å². The third-order valence-electron chi connectivity index (χ3n) is 3.82. The average molecular weight is 278 g/mol. The largest absolute Gasteiger partial charge is 0.286 e. The minimum absolute atomic E-state index is 0.809. The molecule has 0 atom stereocenters. The van der Waals surface area contributed by atoms with Crippen molar-refractivity contribution < 1.29 is 4.90 Å². The van der Waals surface area contributed by atoms with Gasteiger partial charge in [-0.2, -0.15) is 4.98 Å². The molecule has 0 saturated carbocycles. The number of fused-ring (bicyclic) bond motifs is 1. The summed E-state index contributed by atoms with van der Waals surface area (Å²) < 4.78 is 0. The van der Waals surface area contributed by atoms with Gasteiger partial charge < -0.3 is 0 Å². The molecule has 0 unspecified atom stereocenters. The van der Waals surface area contributed by atoms with Crippen LogP contribution in [0.4, 0.5) is 5.82 Å². The summed E-state index contributed by atoms with van der Waals surface area (Å²) in [6, 6.07) is 18.5. The lowest BCUT2D eigenvalue weighted by atomic mass is 10.1. The lowest BCUT2D eigenvalue weighted by molar-refractivity contribution is -0.829. The second kappa shape index (κ2) is 6.02. The average Bonchev–Trinajstić information content (AvgIpc) is 2.56. The van der Waals surface area contributed by atoms with E-state index in [1.54, 1.807) is 0 Å². The number of nitrogens with zero attached hydrogens (tertiary/aromatic N) is 2. The molecule has 1 aromatic heterocycles. The summed E-state index contributed by atoms with van der Waals surface area (Å²) >= 11 is 0. The Balaban J connectivity index is 2.24. The summed E-state index contributed by atoms with van der Waals surface area (Å²) in [6.45, 7) is 6.42. The quantitative estimate of drug-likeness (QED) is 0.795. The molecule has 0 radical (unpaired) electrons. The summed E-state index contributed by atoms with van der Waals surface area (Å²) in [6.07, 6.45) is 0. The van der Waals surface area contributed by atoms with E-state index in [2.05, 4.69) is 44.2 Å². The Morgan fingerprint density at radius 1 is 0.810 bits per heavy atom. The molecule has 1 heterocycles. The van der Waals surface area contributed by atoms with Gasteiger partial charge in [0.15, 0.2) is 5.82 Å². The molecule has 21 heavy (non-hydrogen) atoms. The van der Waals surface area contributed by atoms with Gasteiger partial charge in [-0.1, -0.05) is 42.5 Å². The van der Waals surface area contributed by atoms with Gasteiger partial charge in [0.1, 0.15) is 0 Å². The first-order valence-corrected chi connectivity index (χ1v) is 7.50. The Hall–Kier alpha value is -2.26. The minimum atomic E-state index is 0.809. The molecule has 106 valence electrons. The van der Waals surface area contributed by atoms with Crippen LogP contribution >= 0.6 is 0 Å². The molecule has 3 heteroatoms. The highest BCUT2D eigenvalue weighted by molar-refractivity contribution is 5.87. The van der Waals surface area contributed by atoms with Crippen LogP contribution in [0.2, 0.25) is 0 Å². The minimum Gasteiger partial charge on any atom is -0.286 e. The second-order valence-electron chi connectivity index (χ2n) is 5.09. The van der Waals surface area contributed by atoms with Crippen molar-refractivity contribution in [2.24, 2.45) is 0 Å². The van der Waals surface area contributed by atoms with Crippen molar-refractivity contribution in [2.75, 3.05) is 13.1 Å². The van der Waals surface area contributed by atoms with Gasteiger partial charge in [0.05, 0.1) is 24.0 Å². The van der Waals surface area contributed by atoms with E-state index in [9.17, 15) is 0 Å². The van der Waals surface area contributed by atoms with Crippen molar-refractivity contribution in [1.82, 2.24) is 9.97 Å². The highest BCUT2D eigenvalue weighted by atomic mass is 15.2. The first-order valence-electron chi connectivity index (χ1n) is 7.50. The summed E-state index contributed by atoms with van der Waals surface area (Å²) in [4.78, 5) is 11.0. The van der Waals surface area contributed by atoms with Crippen LogP contribution < -0.4 is 4.90 Å². The summed E-state index contributed by atoms with van der Waals surface area (Å²) in [7, 11) is 0. The number of aromatic nitrogens is 2. The van der Waals surface area contributed by atoms with Crippen molar-refractivity contribution in [3.63, 3.8) is 0 Å². The zero-order valence-electron chi connectivity index (χ0n) is 12.5. The van der Waals surface area contributed by atoms with Crippen LogP contribution in [-0.2, 0) is 0 Å². The molecule has 0 saturated heterocycles. The van der Waals surface area contributed by atoms with E-state index in [0.717, 1.165) is 41.2 Å². The highest BCUT2D eigenvalue weighted by Crippen LogP contribution is 2.22. The Morgan fingerprint density at radius 3 is 2.19 bits per heavy atom. The standard InChI is InChI=1S/C18H19N3/c1-3-21(4-2)18-15-12-8-9-13-16(15)19-17(20-18)14-10-6-5-7-11-14/h5-13H,3-4H2,1-2H3/p+1. The molecule has 0 aliphatic carbocycles. The van der Waals surface area contributed by atoms with Crippen molar-refractivity contribution in [1.29, 1.82) is 0 Å². The van der Waals surface area contributed by atoms with E-state index >= 15 is 0 Å². The van der Waals surface area contributed by atoms with Gasteiger partial charge in [-0.05, 0) is 26.0 Å². The SMILES string of the molecule is CC[NH+](CC)c1nc(-c2ccccc2)nc2ccccc12. The fourth-order valence-corrected chi connectivity index (χ4v) is 2.65. The van der Waals surface area contributed by atoms with Crippen LogP contribution in [0.25, 0.3) is 22.3 Å². The van der Waals surface area contributed by atoms with Gasteiger partial charge in [-0.3, -0.25) is 4.90 Å². The molecule has 0 aliphatic heterocycles. The molecule has 0 fully saturated rings. The smallest absolute Gasteiger partial charge is 0.237 e. The molecule has 3 aromatic rings. The fourth-order valence-electron chi connectivity index (χ4n) is 2.65. The van der Waals surface area contributed by atoms with Gasteiger partial charge >= 0.3 is 0 Å². The van der Waals surface area contributed by atoms with Gasteiger partial charge in [0, 0.05) is 5.56 Å². The van der Waals surface area contributed by atoms with Crippen LogP contribution in [-0.4, -0.2) is 23.1 Å². The van der Waals surface area contributed by atoms with Crippen LogP contribution in [0.1, 0.15) is 13.8 Å². The maximum absolute atomic E-state index is 4.86. The van der Waals surface area contributed by atoms with Crippen LogP contribution in [0.5, 0.6) is 0 Å². The van der Waals surface area contributed by atoms with E-state index in [4.69, 9.17) is 9.97 Å². The predicted molar refractivity (Wildman–Crippen MR) is 86.7 cm³/mol. The maximum atomic E-state index is 4.86. The van der Waals surface area contributed by atoms with Gasteiger partial charge in [-0.15, -0.1) is 0 Å². The molecule has 0 spiro atoms. The zero-order valence-corrected chi connectivity index (χ0v) is 12.5. The molecular formula is C18H20N3+. The van der Waals surface area contributed by atoms with Crippen LogP contribution in [0.3, 0.4) is 0 Å². The predicted octanol–water partition coefficient (Wildman–Crippen LogP) is 2.85. The molecule has 0 aliphatic rings. The number of rotatable bonds is 4.